The van der Waals surface area contributed by atoms with Crippen LogP contribution < -0.4 is 20.1 Å². The molecule has 134 valence electrons. The van der Waals surface area contributed by atoms with Crippen LogP contribution in [0.15, 0.2) is 48.5 Å². The maximum atomic E-state index is 11.9. The number of anilines is 1. The lowest BCUT2D eigenvalue weighted by Gasteiger charge is -2.09. The molecule has 1 amide bonds. The molecule has 0 bridgehead atoms. The highest BCUT2D eigenvalue weighted by Gasteiger charge is 2.02. The minimum absolute atomic E-state index is 0.00724. The van der Waals surface area contributed by atoms with Gasteiger partial charge in [0.2, 0.25) is 5.91 Å². The van der Waals surface area contributed by atoms with Crippen LogP contribution in [-0.2, 0) is 11.2 Å². The Balaban J connectivity index is 1.56. The molecular weight excluding hydrogens is 316 g/mol. The molecule has 2 aromatic rings. The molecule has 0 fully saturated rings. The van der Waals surface area contributed by atoms with Gasteiger partial charge in [-0.2, -0.15) is 0 Å². The van der Waals surface area contributed by atoms with Crippen LogP contribution >= 0.6 is 0 Å². The lowest BCUT2D eigenvalue weighted by atomic mass is 10.1. The number of nitrogens with one attached hydrogen (secondary N) is 2. The van der Waals surface area contributed by atoms with E-state index in [1.54, 1.807) is 7.11 Å². The van der Waals surface area contributed by atoms with E-state index in [1.165, 1.54) is 5.56 Å². The van der Waals surface area contributed by atoms with Gasteiger partial charge in [-0.15, -0.1) is 0 Å². The summed E-state index contributed by atoms with van der Waals surface area (Å²) in [5.74, 6) is 1.62. The van der Waals surface area contributed by atoms with E-state index in [4.69, 9.17) is 9.47 Å². The molecule has 2 rings (SSSR count). The van der Waals surface area contributed by atoms with Crippen LogP contribution in [0.1, 0.15) is 18.9 Å². The SMILES string of the molecule is CCc1ccc(NC(=O)CCNCCOc2ccc(OC)cc2)cc1. The second-order valence-electron chi connectivity index (χ2n) is 5.62. The fraction of sp³-hybridized carbons (Fsp3) is 0.350. The van der Waals surface area contributed by atoms with Crippen molar-refractivity contribution in [2.24, 2.45) is 0 Å². The zero-order chi connectivity index (χ0) is 17.9. The predicted octanol–water partition coefficient (Wildman–Crippen LogP) is 3.25. The molecule has 5 heteroatoms. The summed E-state index contributed by atoms with van der Waals surface area (Å²) < 4.78 is 10.7. The minimum Gasteiger partial charge on any atom is -0.497 e. The summed E-state index contributed by atoms with van der Waals surface area (Å²) in [5, 5.41) is 6.10. The number of carbonyl (C=O) groups excluding carboxylic acids is 1. The minimum atomic E-state index is 0.00724. The summed E-state index contributed by atoms with van der Waals surface area (Å²) in [6.45, 7) is 3.96. The number of ether oxygens (including phenoxy) is 2. The molecule has 2 aromatic carbocycles. The lowest BCUT2D eigenvalue weighted by molar-refractivity contribution is -0.116. The summed E-state index contributed by atoms with van der Waals surface area (Å²) in [7, 11) is 1.64. The van der Waals surface area contributed by atoms with Crippen molar-refractivity contribution in [2.45, 2.75) is 19.8 Å². The number of methoxy groups -OCH3 is 1. The zero-order valence-corrected chi connectivity index (χ0v) is 14.9. The van der Waals surface area contributed by atoms with E-state index in [-0.39, 0.29) is 5.91 Å². The Hall–Kier alpha value is -2.53. The van der Waals surface area contributed by atoms with Gasteiger partial charge in [0, 0.05) is 25.2 Å². The van der Waals surface area contributed by atoms with Gasteiger partial charge in [0.25, 0.3) is 0 Å². The molecule has 0 unspecified atom stereocenters. The second kappa shape index (κ2) is 10.4. The Bertz CT molecular complexity index is 639. The molecule has 25 heavy (non-hydrogen) atoms. The first-order valence-corrected chi connectivity index (χ1v) is 8.57. The summed E-state index contributed by atoms with van der Waals surface area (Å²) in [6, 6.07) is 15.4. The molecule has 5 nitrogen and oxygen atoms in total. The smallest absolute Gasteiger partial charge is 0.225 e. The Morgan fingerprint density at radius 1 is 0.960 bits per heavy atom. The Labute approximate surface area is 149 Å². The van der Waals surface area contributed by atoms with E-state index in [2.05, 4.69) is 17.6 Å². The third-order valence-corrected chi connectivity index (χ3v) is 3.78. The predicted molar refractivity (Wildman–Crippen MR) is 100 cm³/mol. The van der Waals surface area contributed by atoms with Crippen molar-refractivity contribution in [1.29, 1.82) is 0 Å². The van der Waals surface area contributed by atoms with Crippen molar-refractivity contribution >= 4 is 11.6 Å². The van der Waals surface area contributed by atoms with E-state index in [9.17, 15) is 4.79 Å². The molecule has 0 aliphatic rings. The van der Waals surface area contributed by atoms with Gasteiger partial charge in [-0.25, -0.2) is 0 Å². The van der Waals surface area contributed by atoms with E-state index in [0.717, 1.165) is 23.6 Å². The van der Waals surface area contributed by atoms with Gasteiger partial charge in [-0.3, -0.25) is 4.79 Å². The highest BCUT2D eigenvalue weighted by atomic mass is 16.5. The van der Waals surface area contributed by atoms with Gasteiger partial charge in [0.1, 0.15) is 18.1 Å². The van der Waals surface area contributed by atoms with Crippen molar-refractivity contribution in [2.75, 3.05) is 32.1 Å². The molecule has 0 heterocycles. The molecule has 2 N–H and O–H groups in total. The van der Waals surface area contributed by atoms with Gasteiger partial charge in [-0.05, 0) is 48.4 Å². The number of aryl methyl sites for hydroxylation is 1. The van der Waals surface area contributed by atoms with Crippen LogP contribution in [0.25, 0.3) is 0 Å². The number of hydrogen-bond donors (Lipinski definition) is 2. The van der Waals surface area contributed by atoms with Gasteiger partial charge in [0.05, 0.1) is 7.11 Å². The highest BCUT2D eigenvalue weighted by Crippen LogP contribution is 2.16. The Kier molecular flexibility index (Phi) is 7.79. The maximum Gasteiger partial charge on any atom is 0.225 e. The fourth-order valence-electron chi connectivity index (χ4n) is 2.29. The monoisotopic (exact) mass is 342 g/mol. The fourth-order valence-corrected chi connectivity index (χ4v) is 2.29. The van der Waals surface area contributed by atoms with Crippen molar-refractivity contribution in [3.63, 3.8) is 0 Å². The van der Waals surface area contributed by atoms with Crippen molar-refractivity contribution in [3.8, 4) is 11.5 Å². The van der Waals surface area contributed by atoms with Crippen molar-refractivity contribution in [1.82, 2.24) is 5.32 Å². The molecule has 0 aliphatic carbocycles. The number of carbonyl (C=O) groups is 1. The molecule has 0 saturated carbocycles. The average Bonchev–Trinajstić information content (AvgIpc) is 2.65. The first kappa shape index (κ1) is 18.8. The standard InChI is InChI=1S/C20H26N2O3/c1-3-16-4-6-17(7-5-16)22-20(23)12-13-21-14-15-25-19-10-8-18(24-2)9-11-19/h4-11,21H,3,12-15H2,1-2H3,(H,22,23). The van der Waals surface area contributed by atoms with Crippen LogP contribution in [0.3, 0.4) is 0 Å². The first-order valence-electron chi connectivity index (χ1n) is 8.57. The van der Waals surface area contributed by atoms with Crippen molar-refractivity contribution < 1.29 is 14.3 Å². The molecule has 0 atom stereocenters. The van der Waals surface area contributed by atoms with E-state index in [0.29, 0.717) is 26.1 Å². The Morgan fingerprint density at radius 3 is 2.28 bits per heavy atom. The Morgan fingerprint density at radius 2 is 1.64 bits per heavy atom. The highest BCUT2D eigenvalue weighted by molar-refractivity contribution is 5.90. The van der Waals surface area contributed by atoms with Crippen LogP contribution in [0.2, 0.25) is 0 Å². The number of hydrogen-bond acceptors (Lipinski definition) is 4. The van der Waals surface area contributed by atoms with Gasteiger partial charge < -0.3 is 20.1 Å². The number of amides is 1. The zero-order valence-electron chi connectivity index (χ0n) is 14.9. The molecule has 0 saturated heterocycles. The number of rotatable bonds is 10. The second-order valence-corrected chi connectivity index (χ2v) is 5.62. The van der Waals surface area contributed by atoms with E-state index in [1.807, 2.05) is 48.5 Å². The quantitative estimate of drug-likeness (QED) is 0.651. The summed E-state index contributed by atoms with van der Waals surface area (Å²) >= 11 is 0. The van der Waals surface area contributed by atoms with Gasteiger partial charge in [0.15, 0.2) is 0 Å². The van der Waals surface area contributed by atoms with E-state index < -0.39 is 0 Å². The van der Waals surface area contributed by atoms with Crippen LogP contribution in [0, 0.1) is 0 Å². The third-order valence-electron chi connectivity index (χ3n) is 3.78. The maximum absolute atomic E-state index is 11.9. The molecule has 0 aromatic heterocycles. The summed E-state index contributed by atoms with van der Waals surface area (Å²) in [6.07, 6.45) is 1.43. The summed E-state index contributed by atoms with van der Waals surface area (Å²) in [5.41, 5.74) is 2.10. The van der Waals surface area contributed by atoms with Gasteiger partial charge >= 0.3 is 0 Å². The van der Waals surface area contributed by atoms with Crippen molar-refractivity contribution in [3.05, 3.63) is 54.1 Å². The lowest BCUT2D eigenvalue weighted by Crippen LogP contribution is -2.25. The normalized spacial score (nSPS) is 10.3. The molecular formula is C20H26N2O3. The van der Waals surface area contributed by atoms with Crippen LogP contribution in [0.4, 0.5) is 5.69 Å². The average molecular weight is 342 g/mol. The molecule has 0 spiro atoms. The third kappa shape index (κ3) is 6.85. The molecule has 0 radical (unpaired) electrons. The van der Waals surface area contributed by atoms with Crippen LogP contribution in [-0.4, -0.2) is 32.7 Å². The molecule has 0 aliphatic heterocycles. The summed E-state index contributed by atoms with van der Waals surface area (Å²) in [4.78, 5) is 11.9. The first-order chi connectivity index (χ1) is 12.2. The number of benzene rings is 2. The van der Waals surface area contributed by atoms with E-state index >= 15 is 0 Å². The largest absolute Gasteiger partial charge is 0.497 e. The topological polar surface area (TPSA) is 59.6 Å². The van der Waals surface area contributed by atoms with Crippen LogP contribution in [0.5, 0.6) is 11.5 Å². The van der Waals surface area contributed by atoms with Gasteiger partial charge in [-0.1, -0.05) is 19.1 Å².